The van der Waals surface area contributed by atoms with Crippen molar-refractivity contribution in [3.05, 3.63) is 12.1 Å². The fourth-order valence-electron chi connectivity index (χ4n) is 6.17. The van der Waals surface area contributed by atoms with Gasteiger partial charge in [0.05, 0.1) is 31.4 Å². The summed E-state index contributed by atoms with van der Waals surface area (Å²) >= 11 is 0. The second-order valence-corrected chi connectivity index (χ2v) is 12.5. The van der Waals surface area contributed by atoms with Gasteiger partial charge in [0, 0.05) is 50.5 Å². The minimum Gasteiger partial charge on any atom is -0.493 e. The first kappa shape index (κ1) is 30.0. The highest BCUT2D eigenvalue weighted by Gasteiger charge is 2.37. The molecule has 10 heteroatoms. The van der Waals surface area contributed by atoms with Gasteiger partial charge in [-0.2, -0.15) is 4.98 Å². The Morgan fingerprint density at radius 3 is 2.49 bits per heavy atom. The van der Waals surface area contributed by atoms with E-state index in [0.717, 1.165) is 50.6 Å². The molecule has 0 saturated carbocycles. The van der Waals surface area contributed by atoms with Gasteiger partial charge in [-0.05, 0) is 70.0 Å². The van der Waals surface area contributed by atoms with Crippen molar-refractivity contribution < 1.29 is 23.0 Å². The number of fused-ring (bicyclic) bond motifs is 1. The molecule has 5 rings (SSSR count). The SMILES string of the molecule is COc1cc2c(NC3(CCC(C)C)CCCOC3)nc(N3CCC(F)(F)CC3)nc2cc1OCCCN1CCCC1. The molecule has 4 heterocycles. The molecule has 3 aliphatic rings. The van der Waals surface area contributed by atoms with Gasteiger partial charge in [-0.1, -0.05) is 13.8 Å². The Morgan fingerprint density at radius 2 is 1.80 bits per heavy atom. The Balaban J connectivity index is 1.46. The number of hydrogen-bond donors (Lipinski definition) is 1. The smallest absolute Gasteiger partial charge is 0.251 e. The predicted octanol–water partition coefficient (Wildman–Crippen LogP) is 6.14. The summed E-state index contributed by atoms with van der Waals surface area (Å²) in [5, 5.41) is 4.62. The van der Waals surface area contributed by atoms with Crippen LogP contribution in [0.2, 0.25) is 0 Å². The Bertz CT molecular complexity index is 1140. The Kier molecular flexibility index (Phi) is 9.69. The molecule has 0 amide bonds. The van der Waals surface area contributed by atoms with Gasteiger partial charge in [-0.25, -0.2) is 13.8 Å². The number of alkyl halides is 2. The van der Waals surface area contributed by atoms with E-state index in [0.29, 0.717) is 47.9 Å². The predicted molar refractivity (Wildman–Crippen MR) is 159 cm³/mol. The molecular weight excluding hydrogens is 528 g/mol. The van der Waals surface area contributed by atoms with Crippen molar-refractivity contribution in [1.82, 2.24) is 14.9 Å². The second-order valence-electron chi connectivity index (χ2n) is 12.5. The Hall–Kier alpha value is -2.46. The molecule has 1 atom stereocenters. The maximum Gasteiger partial charge on any atom is 0.251 e. The molecule has 3 aliphatic heterocycles. The summed E-state index contributed by atoms with van der Waals surface area (Å²) in [5.74, 6) is 0.350. The Labute approximate surface area is 243 Å². The van der Waals surface area contributed by atoms with Crippen LogP contribution in [0, 0.1) is 5.92 Å². The number of methoxy groups -OCH3 is 1. The molecule has 1 aromatic heterocycles. The molecule has 0 aliphatic carbocycles. The molecule has 2 aromatic rings. The van der Waals surface area contributed by atoms with E-state index in [1.165, 1.54) is 25.9 Å². The van der Waals surface area contributed by atoms with Crippen molar-refractivity contribution in [2.45, 2.75) is 83.1 Å². The van der Waals surface area contributed by atoms with Crippen LogP contribution in [-0.2, 0) is 4.74 Å². The van der Waals surface area contributed by atoms with E-state index >= 15 is 0 Å². The monoisotopic (exact) mass is 575 g/mol. The molecule has 0 spiro atoms. The van der Waals surface area contributed by atoms with Crippen molar-refractivity contribution in [3.63, 3.8) is 0 Å². The maximum atomic E-state index is 14.0. The van der Waals surface area contributed by atoms with Crippen LogP contribution in [0.5, 0.6) is 11.5 Å². The fourth-order valence-corrected chi connectivity index (χ4v) is 6.17. The van der Waals surface area contributed by atoms with E-state index in [-0.39, 0.29) is 31.5 Å². The van der Waals surface area contributed by atoms with Crippen molar-refractivity contribution in [1.29, 1.82) is 0 Å². The van der Waals surface area contributed by atoms with Crippen LogP contribution in [0.25, 0.3) is 10.9 Å². The standard InChI is InChI=1S/C31H47F2N5O3/c1-23(2)8-10-30(9-6-18-40-22-30)36-28-24-20-26(39-3)27(41-19-7-15-37-13-4-5-14-37)21-25(24)34-29(35-28)38-16-11-31(32,33)12-17-38/h20-21,23H,4-19,22H2,1-3H3,(H,34,35,36). The number of likely N-dealkylation sites (tertiary alicyclic amines) is 1. The van der Waals surface area contributed by atoms with Crippen LogP contribution in [0.15, 0.2) is 12.1 Å². The summed E-state index contributed by atoms with van der Waals surface area (Å²) in [7, 11) is 1.65. The number of nitrogens with zero attached hydrogens (tertiary/aromatic N) is 4. The highest BCUT2D eigenvalue weighted by atomic mass is 19.3. The largest absolute Gasteiger partial charge is 0.493 e. The lowest BCUT2D eigenvalue weighted by Gasteiger charge is -2.39. The van der Waals surface area contributed by atoms with Crippen LogP contribution < -0.4 is 19.7 Å². The maximum absolute atomic E-state index is 14.0. The number of piperidine rings is 1. The van der Waals surface area contributed by atoms with Gasteiger partial charge in [0.25, 0.3) is 5.92 Å². The summed E-state index contributed by atoms with van der Waals surface area (Å²) < 4.78 is 45.9. The molecular formula is C31H47F2N5O3. The summed E-state index contributed by atoms with van der Waals surface area (Å²) in [5.41, 5.74) is 0.453. The minimum atomic E-state index is -2.64. The average molecular weight is 576 g/mol. The lowest BCUT2D eigenvalue weighted by atomic mass is 9.85. The van der Waals surface area contributed by atoms with Gasteiger partial charge < -0.3 is 29.3 Å². The fraction of sp³-hybridized carbons (Fsp3) is 0.742. The number of benzene rings is 1. The summed E-state index contributed by atoms with van der Waals surface area (Å²) in [6, 6.07) is 3.86. The van der Waals surface area contributed by atoms with Crippen LogP contribution in [0.4, 0.5) is 20.5 Å². The van der Waals surface area contributed by atoms with Crippen molar-refractivity contribution in [2.75, 3.05) is 69.9 Å². The van der Waals surface area contributed by atoms with Gasteiger partial charge in [0.1, 0.15) is 5.82 Å². The average Bonchev–Trinajstić information content (AvgIpc) is 3.48. The third kappa shape index (κ3) is 7.69. The molecule has 3 fully saturated rings. The van der Waals surface area contributed by atoms with E-state index in [1.807, 2.05) is 17.0 Å². The van der Waals surface area contributed by atoms with Crippen molar-refractivity contribution >= 4 is 22.7 Å². The minimum absolute atomic E-state index is 0.197. The summed E-state index contributed by atoms with van der Waals surface area (Å²) in [4.78, 5) is 14.2. The van der Waals surface area contributed by atoms with Gasteiger partial charge >= 0.3 is 0 Å². The molecule has 0 radical (unpaired) electrons. The highest BCUT2D eigenvalue weighted by molar-refractivity contribution is 5.93. The van der Waals surface area contributed by atoms with E-state index in [1.54, 1.807) is 7.11 Å². The molecule has 1 N–H and O–H groups in total. The Morgan fingerprint density at radius 1 is 1.02 bits per heavy atom. The van der Waals surface area contributed by atoms with E-state index in [2.05, 4.69) is 24.1 Å². The van der Waals surface area contributed by atoms with Crippen molar-refractivity contribution in [2.24, 2.45) is 5.92 Å². The van der Waals surface area contributed by atoms with Gasteiger partial charge in [0.2, 0.25) is 5.95 Å². The third-order valence-corrected chi connectivity index (χ3v) is 8.73. The molecule has 0 bridgehead atoms. The van der Waals surface area contributed by atoms with E-state index < -0.39 is 5.92 Å². The molecule has 41 heavy (non-hydrogen) atoms. The van der Waals surface area contributed by atoms with Gasteiger partial charge in [0.15, 0.2) is 11.5 Å². The number of aromatic nitrogens is 2. The lowest BCUT2D eigenvalue weighted by Crippen LogP contribution is -2.46. The number of nitrogens with one attached hydrogen (secondary N) is 1. The zero-order valence-corrected chi connectivity index (χ0v) is 25.0. The van der Waals surface area contributed by atoms with Gasteiger partial charge in [-0.3, -0.25) is 0 Å². The number of halogens is 2. The lowest BCUT2D eigenvalue weighted by molar-refractivity contribution is -0.0222. The first-order chi connectivity index (χ1) is 19.8. The zero-order chi connectivity index (χ0) is 28.9. The molecule has 1 unspecified atom stereocenters. The number of anilines is 2. The molecule has 228 valence electrons. The van der Waals surface area contributed by atoms with Gasteiger partial charge in [-0.15, -0.1) is 0 Å². The van der Waals surface area contributed by atoms with E-state index in [4.69, 9.17) is 24.2 Å². The molecule has 1 aromatic carbocycles. The molecule has 3 saturated heterocycles. The first-order valence-electron chi connectivity index (χ1n) is 15.5. The second kappa shape index (κ2) is 13.2. The highest BCUT2D eigenvalue weighted by Crippen LogP contribution is 2.39. The van der Waals surface area contributed by atoms with Crippen LogP contribution in [0.1, 0.15) is 71.6 Å². The van der Waals surface area contributed by atoms with Crippen molar-refractivity contribution in [3.8, 4) is 11.5 Å². The van der Waals surface area contributed by atoms with Crippen LogP contribution in [0.3, 0.4) is 0 Å². The topological polar surface area (TPSA) is 72.0 Å². The molecule has 8 nitrogen and oxygen atoms in total. The first-order valence-corrected chi connectivity index (χ1v) is 15.5. The van der Waals surface area contributed by atoms with E-state index in [9.17, 15) is 8.78 Å². The zero-order valence-electron chi connectivity index (χ0n) is 25.0. The number of rotatable bonds is 12. The summed E-state index contributed by atoms with van der Waals surface area (Å²) in [6.45, 7) is 10.2. The summed E-state index contributed by atoms with van der Waals surface area (Å²) in [6.07, 6.45) is 7.06. The quantitative estimate of drug-likeness (QED) is 0.303. The number of ether oxygens (including phenoxy) is 3. The van der Waals surface area contributed by atoms with Crippen LogP contribution in [-0.4, -0.2) is 86.0 Å². The normalized spacial score (nSPS) is 23.3. The third-order valence-electron chi connectivity index (χ3n) is 8.73. The number of hydrogen-bond acceptors (Lipinski definition) is 8. The van der Waals surface area contributed by atoms with Crippen LogP contribution >= 0.6 is 0 Å².